The third-order valence-corrected chi connectivity index (χ3v) is 5.41. The van der Waals surface area contributed by atoms with Gasteiger partial charge in [0.25, 0.3) is 0 Å². The van der Waals surface area contributed by atoms with Crippen LogP contribution in [0.4, 0.5) is 13.2 Å². The molecule has 2 atom stereocenters. The molecule has 0 spiro atoms. The van der Waals surface area contributed by atoms with Gasteiger partial charge < -0.3 is 10.1 Å². The van der Waals surface area contributed by atoms with E-state index in [2.05, 4.69) is 5.32 Å². The summed E-state index contributed by atoms with van der Waals surface area (Å²) in [6, 6.07) is 6.19. The highest BCUT2D eigenvalue weighted by Crippen LogP contribution is 2.51. The number of amides is 1. The Labute approximate surface area is 155 Å². The number of hydrogen-bond donors (Lipinski definition) is 1. The first-order valence-corrected chi connectivity index (χ1v) is 8.66. The molecule has 1 aliphatic carbocycles. The summed E-state index contributed by atoms with van der Waals surface area (Å²) in [7, 11) is 3.33. The van der Waals surface area contributed by atoms with Crippen LogP contribution in [0, 0.1) is 0 Å². The first-order chi connectivity index (χ1) is 12.8. The normalized spacial score (nSPS) is 25.4. The number of nitrogens with zero attached hydrogens (tertiary/aromatic N) is 1. The number of carbonyl (C=O) groups is 1. The number of likely N-dealkylation sites (N-methyl/N-ethyl adjacent to an activating group) is 1. The topological polar surface area (TPSA) is 41.6 Å². The van der Waals surface area contributed by atoms with E-state index in [0.717, 1.165) is 5.57 Å². The lowest BCUT2D eigenvalue weighted by Crippen LogP contribution is -2.46. The lowest BCUT2D eigenvalue weighted by Gasteiger charge is -2.43. The fourth-order valence-electron chi connectivity index (χ4n) is 4.28. The number of carbonyl (C=O) groups excluding carboxylic acids is 1. The minimum absolute atomic E-state index is 0.0196. The monoisotopic (exact) mass is 376 g/mol. The molecule has 0 radical (unpaired) electrons. The van der Waals surface area contributed by atoms with E-state index in [1.807, 2.05) is 24.1 Å². The van der Waals surface area contributed by atoms with E-state index in [9.17, 15) is 18.0 Å². The smallest absolute Gasteiger partial charge is 0.415 e. The second-order valence-electron chi connectivity index (χ2n) is 6.98. The number of allylic oxidation sites excluding steroid dienone is 1. The van der Waals surface area contributed by atoms with Crippen LogP contribution in [0.1, 0.15) is 17.9 Å². The summed E-state index contributed by atoms with van der Waals surface area (Å²) in [5.41, 5.74) is 1.04. The Morgan fingerprint density at radius 2 is 1.93 bits per heavy atom. The van der Waals surface area contributed by atoms with Crippen LogP contribution in [-0.4, -0.2) is 43.7 Å². The Morgan fingerprint density at radius 3 is 2.56 bits per heavy atom. The highest BCUT2D eigenvalue weighted by atomic mass is 19.4. The molecule has 3 aliphatic rings. The third kappa shape index (κ3) is 2.86. The van der Waals surface area contributed by atoms with E-state index in [1.54, 1.807) is 24.3 Å². The summed E-state index contributed by atoms with van der Waals surface area (Å²) in [5, 5.41) is 2.47. The van der Waals surface area contributed by atoms with Crippen LogP contribution < -0.4 is 10.1 Å². The maximum Gasteiger partial charge on any atom is 0.415 e. The van der Waals surface area contributed by atoms with Gasteiger partial charge in [-0.2, -0.15) is 13.2 Å². The highest BCUT2D eigenvalue weighted by Gasteiger charge is 2.52. The molecule has 1 fully saturated rings. The van der Waals surface area contributed by atoms with E-state index in [0.29, 0.717) is 23.4 Å². The second-order valence-corrected chi connectivity index (χ2v) is 6.98. The third-order valence-electron chi connectivity index (χ3n) is 5.41. The van der Waals surface area contributed by atoms with E-state index in [1.165, 1.54) is 7.11 Å². The molecule has 142 valence electrons. The SMILES string of the molecule is COc1ccc([C@H]2C(C(F)(F)F)=C3NC(=O)CC3=C3C=CCN(C)[C@@H]32)cc1. The van der Waals surface area contributed by atoms with Crippen LogP contribution in [0.3, 0.4) is 0 Å². The summed E-state index contributed by atoms with van der Waals surface area (Å²) >= 11 is 0. The molecule has 1 N–H and O–H groups in total. The van der Waals surface area contributed by atoms with E-state index >= 15 is 0 Å². The number of ether oxygens (including phenoxy) is 1. The molecule has 0 unspecified atom stereocenters. The molecule has 4 nitrogen and oxygen atoms in total. The predicted octanol–water partition coefficient (Wildman–Crippen LogP) is 3.30. The van der Waals surface area contributed by atoms with Crippen molar-refractivity contribution in [3.8, 4) is 5.75 Å². The summed E-state index contributed by atoms with van der Waals surface area (Å²) < 4.78 is 47.7. The summed E-state index contributed by atoms with van der Waals surface area (Å²) in [5.74, 6) is -0.749. The van der Waals surface area contributed by atoms with E-state index in [-0.39, 0.29) is 12.1 Å². The van der Waals surface area contributed by atoms with Crippen molar-refractivity contribution in [2.75, 3.05) is 20.7 Å². The van der Waals surface area contributed by atoms with Crippen LogP contribution >= 0.6 is 0 Å². The van der Waals surface area contributed by atoms with Crippen molar-refractivity contribution in [2.45, 2.75) is 24.6 Å². The van der Waals surface area contributed by atoms with Gasteiger partial charge in [-0.25, -0.2) is 0 Å². The number of methoxy groups -OCH3 is 1. The van der Waals surface area contributed by atoms with Crippen LogP contribution in [0.5, 0.6) is 5.75 Å². The molecular formula is C20H19F3N2O2. The summed E-state index contributed by atoms with van der Waals surface area (Å²) in [6.45, 7) is 0.552. The first-order valence-electron chi connectivity index (χ1n) is 8.66. The van der Waals surface area contributed by atoms with Gasteiger partial charge in [0.05, 0.1) is 24.8 Å². The maximum absolute atomic E-state index is 14.2. The zero-order valence-corrected chi connectivity index (χ0v) is 14.9. The average Bonchev–Trinajstić information content (AvgIpc) is 3.01. The highest BCUT2D eigenvalue weighted by molar-refractivity contribution is 5.89. The van der Waals surface area contributed by atoms with Gasteiger partial charge in [0.1, 0.15) is 5.75 Å². The van der Waals surface area contributed by atoms with Gasteiger partial charge >= 0.3 is 6.18 Å². The van der Waals surface area contributed by atoms with Crippen molar-refractivity contribution in [1.29, 1.82) is 0 Å². The van der Waals surface area contributed by atoms with Crippen molar-refractivity contribution < 1.29 is 22.7 Å². The number of hydrogen-bond acceptors (Lipinski definition) is 3. The molecule has 0 aromatic heterocycles. The zero-order valence-electron chi connectivity index (χ0n) is 14.9. The summed E-state index contributed by atoms with van der Waals surface area (Å²) in [4.78, 5) is 13.9. The van der Waals surface area contributed by atoms with E-state index < -0.39 is 29.6 Å². The lowest BCUT2D eigenvalue weighted by atomic mass is 9.72. The van der Waals surface area contributed by atoms with Crippen LogP contribution in [0.25, 0.3) is 0 Å². The Hall–Kier alpha value is -2.54. The summed E-state index contributed by atoms with van der Waals surface area (Å²) in [6.07, 6.45) is -0.794. The van der Waals surface area contributed by atoms with Crippen molar-refractivity contribution in [3.05, 3.63) is 64.4 Å². The fourth-order valence-corrected chi connectivity index (χ4v) is 4.28. The van der Waals surface area contributed by atoms with Gasteiger partial charge in [0.2, 0.25) is 5.91 Å². The molecule has 4 rings (SSSR count). The maximum atomic E-state index is 14.2. The van der Waals surface area contributed by atoms with Gasteiger partial charge in [-0.1, -0.05) is 24.3 Å². The molecule has 0 bridgehead atoms. The molecule has 1 saturated heterocycles. The lowest BCUT2D eigenvalue weighted by molar-refractivity contribution is -0.118. The molecule has 2 heterocycles. The van der Waals surface area contributed by atoms with Crippen LogP contribution in [0.15, 0.2) is 58.8 Å². The first kappa shape index (κ1) is 17.9. The Bertz CT molecular complexity index is 881. The van der Waals surface area contributed by atoms with Gasteiger partial charge in [-0.05, 0) is 35.9 Å². The minimum atomic E-state index is -4.56. The largest absolute Gasteiger partial charge is 0.497 e. The fraction of sp³-hybridized carbons (Fsp3) is 0.350. The van der Waals surface area contributed by atoms with Crippen LogP contribution in [-0.2, 0) is 4.79 Å². The molecule has 1 aromatic carbocycles. The van der Waals surface area contributed by atoms with Gasteiger partial charge in [0, 0.05) is 18.5 Å². The van der Waals surface area contributed by atoms with Crippen molar-refractivity contribution >= 4 is 5.91 Å². The number of alkyl halides is 3. The zero-order chi connectivity index (χ0) is 19.3. The molecule has 7 heteroatoms. The Kier molecular flexibility index (Phi) is 4.14. The number of rotatable bonds is 2. The molecule has 2 aliphatic heterocycles. The molecule has 27 heavy (non-hydrogen) atoms. The van der Waals surface area contributed by atoms with Crippen LogP contribution in [0.2, 0.25) is 0 Å². The van der Waals surface area contributed by atoms with Gasteiger partial charge in [0.15, 0.2) is 0 Å². The molecule has 1 aromatic rings. The van der Waals surface area contributed by atoms with Crippen molar-refractivity contribution in [1.82, 2.24) is 10.2 Å². The van der Waals surface area contributed by atoms with E-state index in [4.69, 9.17) is 4.74 Å². The molecule has 0 saturated carbocycles. The molecule has 1 amide bonds. The molecular weight excluding hydrogens is 357 g/mol. The average molecular weight is 376 g/mol. The Morgan fingerprint density at radius 1 is 1.22 bits per heavy atom. The van der Waals surface area contributed by atoms with Crippen molar-refractivity contribution in [3.63, 3.8) is 0 Å². The van der Waals surface area contributed by atoms with Gasteiger partial charge in [-0.15, -0.1) is 0 Å². The standard InChI is InChI=1S/C20H19F3N2O2/c1-25-9-3-4-13-14-10-15(26)24-18(14)17(20(21,22)23)16(19(13)25)11-5-7-12(27-2)8-6-11/h3-8,16,19H,9-10H2,1-2H3,(H,24,26)/t16-,19-/m0/s1. The quantitative estimate of drug-likeness (QED) is 0.861. The van der Waals surface area contributed by atoms with Gasteiger partial charge in [-0.3, -0.25) is 9.69 Å². The number of halogens is 3. The second kappa shape index (κ2) is 6.27. The van der Waals surface area contributed by atoms with Crippen molar-refractivity contribution in [2.24, 2.45) is 0 Å². The Balaban J connectivity index is 1.97. The number of benzene rings is 1. The number of fused-ring (bicyclic) bond motifs is 2. The predicted molar refractivity (Wildman–Crippen MR) is 94.2 cm³/mol. The minimum Gasteiger partial charge on any atom is -0.497 e. The number of nitrogens with one attached hydrogen (secondary N) is 1.